The van der Waals surface area contributed by atoms with Gasteiger partial charge in [0.25, 0.3) is 0 Å². The van der Waals surface area contributed by atoms with Crippen LogP contribution in [0.5, 0.6) is 0 Å². The maximum absolute atomic E-state index is 11.5. The van der Waals surface area contributed by atoms with Crippen LogP contribution in [0.3, 0.4) is 0 Å². The van der Waals surface area contributed by atoms with Crippen molar-refractivity contribution in [3.05, 3.63) is 35.4 Å². The predicted molar refractivity (Wildman–Crippen MR) is 71.5 cm³/mol. The van der Waals surface area contributed by atoms with Gasteiger partial charge in [0.05, 0.1) is 5.92 Å². The Kier molecular flexibility index (Phi) is 5.45. The molecule has 1 aliphatic rings. The molecule has 1 saturated heterocycles. The molecular formula is C13H19ClN2O. The molecule has 2 rings (SSSR count). The van der Waals surface area contributed by atoms with Crippen molar-refractivity contribution >= 4 is 18.3 Å². The number of carbonyl (C=O) groups excluding carboxylic acids is 1. The van der Waals surface area contributed by atoms with Gasteiger partial charge in [-0.3, -0.25) is 4.79 Å². The molecule has 0 aliphatic carbocycles. The first-order valence-corrected chi connectivity index (χ1v) is 5.79. The SMILES string of the molecule is Cc1cccc(CCNC(=O)C2CNC2)c1.Cl. The molecular weight excluding hydrogens is 236 g/mol. The highest BCUT2D eigenvalue weighted by molar-refractivity contribution is 5.85. The summed E-state index contributed by atoms with van der Waals surface area (Å²) < 4.78 is 0. The van der Waals surface area contributed by atoms with Gasteiger partial charge in [0.15, 0.2) is 0 Å². The number of hydrogen-bond donors (Lipinski definition) is 2. The number of carbonyl (C=O) groups is 1. The van der Waals surface area contributed by atoms with E-state index < -0.39 is 0 Å². The Hall–Kier alpha value is -1.06. The summed E-state index contributed by atoms with van der Waals surface area (Å²) in [5.74, 6) is 0.379. The Labute approximate surface area is 108 Å². The minimum absolute atomic E-state index is 0. The molecule has 0 spiro atoms. The smallest absolute Gasteiger partial charge is 0.225 e. The van der Waals surface area contributed by atoms with Gasteiger partial charge in [0.2, 0.25) is 5.91 Å². The van der Waals surface area contributed by atoms with E-state index in [2.05, 4.69) is 41.8 Å². The van der Waals surface area contributed by atoms with Crippen LogP contribution in [0, 0.1) is 12.8 Å². The van der Waals surface area contributed by atoms with E-state index in [1.54, 1.807) is 0 Å². The topological polar surface area (TPSA) is 41.1 Å². The van der Waals surface area contributed by atoms with Crippen LogP contribution < -0.4 is 10.6 Å². The second-order valence-corrected chi connectivity index (χ2v) is 4.39. The summed E-state index contributed by atoms with van der Waals surface area (Å²) in [7, 11) is 0. The summed E-state index contributed by atoms with van der Waals surface area (Å²) in [5, 5.41) is 6.07. The molecule has 0 aromatic heterocycles. The zero-order chi connectivity index (χ0) is 11.4. The summed E-state index contributed by atoms with van der Waals surface area (Å²) in [4.78, 5) is 11.5. The molecule has 0 unspecified atom stereocenters. The monoisotopic (exact) mass is 254 g/mol. The van der Waals surface area contributed by atoms with E-state index in [0.717, 1.165) is 26.1 Å². The first-order valence-electron chi connectivity index (χ1n) is 5.79. The lowest BCUT2D eigenvalue weighted by Gasteiger charge is -2.25. The molecule has 1 fully saturated rings. The van der Waals surface area contributed by atoms with Crippen molar-refractivity contribution in [1.82, 2.24) is 10.6 Å². The van der Waals surface area contributed by atoms with Crippen LogP contribution in [0.1, 0.15) is 11.1 Å². The van der Waals surface area contributed by atoms with Gasteiger partial charge in [0, 0.05) is 19.6 Å². The number of nitrogens with one attached hydrogen (secondary N) is 2. The normalized spacial score (nSPS) is 14.6. The fourth-order valence-corrected chi connectivity index (χ4v) is 1.82. The standard InChI is InChI=1S/C13H18N2O.ClH/c1-10-3-2-4-11(7-10)5-6-15-13(16)12-8-14-9-12;/h2-4,7,12,14H,5-6,8-9H2,1H3,(H,15,16);1H. The van der Waals surface area contributed by atoms with Gasteiger partial charge in [-0.25, -0.2) is 0 Å². The molecule has 0 radical (unpaired) electrons. The predicted octanol–water partition coefficient (Wildman–Crippen LogP) is 1.29. The lowest BCUT2D eigenvalue weighted by atomic mass is 10.0. The number of amides is 1. The van der Waals surface area contributed by atoms with Crippen LogP contribution >= 0.6 is 12.4 Å². The van der Waals surface area contributed by atoms with E-state index in [1.165, 1.54) is 11.1 Å². The van der Waals surface area contributed by atoms with E-state index in [0.29, 0.717) is 0 Å². The van der Waals surface area contributed by atoms with Gasteiger partial charge < -0.3 is 10.6 Å². The van der Waals surface area contributed by atoms with Gasteiger partial charge in [-0.1, -0.05) is 29.8 Å². The Balaban J connectivity index is 0.00000144. The molecule has 94 valence electrons. The number of rotatable bonds is 4. The molecule has 1 amide bonds. The van der Waals surface area contributed by atoms with Crippen molar-refractivity contribution in [3.8, 4) is 0 Å². The van der Waals surface area contributed by atoms with E-state index in [-0.39, 0.29) is 24.2 Å². The molecule has 0 bridgehead atoms. The maximum Gasteiger partial charge on any atom is 0.225 e. The average molecular weight is 255 g/mol. The summed E-state index contributed by atoms with van der Waals surface area (Å²) in [5.41, 5.74) is 2.55. The van der Waals surface area contributed by atoms with Gasteiger partial charge >= 0.3 is 0 Å². The lowest BCUT2D eigenvalue weighted by molar-refractivity contribution is -0.126. The third kappa shape index (κ3) is 4.02. The van der Waals surface area contributed by atoms with Crippen molar-refractivity contribution in [2.24, 2.45) is 5.92 Å². The first-order chi connectivity index (χ1) is 7.75. The maximum atomic E-state index is 11.5. The number of halogens is 1. The van der Waals surface area contributed by atoms with Gasteiger partial charge in [-0.05, 0) is 18.9 Å². The van der Waals surface area contributed by atoms with Gasteiger partial charge in [-0.2, -0.15) is 0 Å². The molecule has 4 heteroatoms. The molecule has 1 aliphatic heterocycles. The van der Waals surface area contributed by atoms with Crippen LogP contribution in [-0.4, -0.2) is 25.5 Å². The summed E-state index contributed by atoms with van der Waals surface area (Å²) in [6.45, 7) is 4.48. The molecule has 17 heavy (non-hydrogen) atoms. The van der Waals surface area contributed by atoms with E-state index in [4.69, 9.17) is 0 Å². The second kappa shape index (κ2) is 6.62. The molecule has 2 N–H and O–H groups in total. The fourth-order valence-electron chi connectivity index (χ4n) is 1.82. The number of aryl methyl sites for hydroxylation is 1. The average Bonchev–Trinajstić information content (AvgIpc) is 2.15. The molecule has 0 saturated carbocycles. The summed E-state index contributed by atoms with van der Waals surface area (Å²) in [6, 6.07) is 8.41. The zero-order valence-electron chi connectivity index (χ0n) is 10.0. The third-order valence-electron chi connectivity index (χ3n) is 2.95. The molecule has 3 nitrogen and oxygen atoms in total. The van der Waals surface area contributed by atoms with Crippen molar-refractivity contribution in [1.29, 1.82) is 0 Å². The highest BCUT2D eigenvalue weighted by atomic mass is 35.5. The van der Waals surface area contributed by atoms with Crippen LogP contribution in [0.25, 0.3) is 0 Å². The Morgan fingerprint density at radius 3 is 2.82 bits per heavy atom. The minimum atomic E-state index is 0. The molecule has 0 atom stereocenters. The highest BCUT2D eigenvalue weighted by Gasteiger charge is 2.23. The summed E-state index contributed by atoms with van der Waals surface area (Å²) >= 11 is 0. The van der Waals surface area contributed by atoms with Crippen molar-refractivity contribution in [2.45, 2.75) is 13.3 Å². The van der Waals surface area contributed by atoms with Crippen LogP contribution in [0.4, 0.5) is 0 Å². The number of hydrogen-bond acceptors (Lipinski definition) is 2. The van der Waals surface area contributed by atoms with Crippen molar-refractivity contribution < 1.29 is 4.79 Å². The fraction of sp³-hybridized carbons (Fsp3) is 0.462. The largest absolute Gasteiger partial charge is 0.355 e. The summed E-state index contributed by atoms with van der Waals surface area (Å²) in [6.07, 6.45) is 0.910. The first kappa shape index (κ1) is 14.0. The van der Waals surface area contributed by atoms with Gasteiger partial charge in [-0.15, -0.1) is 12.4 Å². The lowest BCUT2D eigenvalue weighted by Crippen LogP contribution is -2.51. The molecule has 1 aromatic rings. The zero-order valence-corrected chi connectivity index (χ0v) is 10.8. The van der Waals surface area contributed by atoms with E-state index >= 15 is 0 Å². The Bertz CT molecular complexity index is 377. The van der Waals surface area contributed by atoms with Gasteiger partial charge in [0.1, 0.15) is 0 Å². The Morgan fingerprint density at radius 1 is 1.47 bits per heavy atom. The second-order valence-electron chi connectivity index (χ2n) is 4.39. The van der Waals surface area contributed by atoms with Crippen LogP contribution in [0.2, 0.25) is 0 Å². The third-order valence-corrected chi connectivity index (χ3v) is 2.95. The van der Waals surface area contributed by atoms with Crippen molar-refractivity contribution in [2.75, 3.05) is 19.6 Å². The van der Waals surface area contributed by atoms with Crippen LogP contribution in [-0.2, 0) is 11.2 Å². The highest BCUT2D eigenvalue weighted by Crippen LogP contribution is 2.05. The Morgan fingerprint density at radius 2 is 2.24 bits per heavy atom. The van der Waals surface area contributed by atoms with Crippen LogP contribution in [0.15, 0.2) is 24.3 Å². The van der Waals surface area contributed by atoms with E-state index in [9.17, 15) is 4.79 Å². The van der Waals surface area contributed by atoms with E-state index in [1.807, 2.05) is 0 Å². The number of benzene rings is 1. The minimum Gasteiger partial charge on any atom is -0.355 e. The molecule has 1 aromatic carbocycles. The molecule has 1 heterocycles. The van der Waals surface area contributed by atoms with Crippen molar-refractivity contribution in [3.63, 3.8) is 0 Å². The quantitative estimate of drug-likeness (QED) is 0.850.